The van der Waals surface area contributed by atoms with Crippen molar-refractivity contribution < 1.29 is 19.0 Å². The molecule has 2 N–H and O–H groups in total. The fourth-order valence-corrected chi connectivity index (χ4v) is 5.55. The first kappa shape index (κ1) is 24.1. The lowest BCUT2D eigenvalue weighted by Crippen LogP contribution is -2.05. The number of nitrogens with two attached hydrogens (primary N) is 1. The number of nitrogens with zero attached hydrogens (tertiary/aromatic N) is 1. The molecule has 0 aliphatic heterocycles. The van der Waals surface area contributed by atoms with Gasteiger partial charge in [-0.15, -0.1) is 23.1 Å². The van der Waals surface area contributed by atoms with Crippen LogP contribution in [0.2, 0.25) is 10.0 Å². The second kappa shape index (κ2) is 10.4. The summed E-state index contributed by atoms with van der Waals surface area (Å²) in [5.74, 6) is 1.26. The number of ketones is 1. The third-order valence-corrected chi connectivity index (χ3v) is 7.80. The van der Waals surface area contributed by atoms with E-state index < -0.39 is 0 Å². The number of methoxy groups -OCH3 is 3. The maximum Gasteiger partial charge on any atom is 0.205 e. The summed E-state index contributed by atoms with van der Waals surface area (Å²) < 4.78 is 16.6. The molecule has 3 rings (SSSR count). The lowest BCUT2D eigenvalue weighted by atomic mass is 10.1. The zero-order valence-electron chi connectivity index (χ0n) is 17.3. The van der Waals surface area contributed by atoms with E-state index in [0.29, 0.717) is 42.8 Å². The van der Waals surface area contributed by atoms with Gasteiger partial charge in [-0.05, 0) is 29.8 Å². The molecular formula is C22H18Cl2N2O4S2. The largest absolute Gasteiger partial charge is 0.493 e. The van der Waals surface area contributed by atoms with Crippen LogP contribution < -0.4 is 19.9 Å². The highest BCUT2D eigenvalue weighted by Crippen LogP contribution is 2.43. The van der Waals surface area contributed by atoms with Crippen LogP contribution in [0.3, 0.4) is 0 Å². The Morgan fingerprint density at radius 2 is 1.75 bits per heavy atom. The Balaban J connectivity index is 1.95. The number of nitriles is 1. The molecule has 0 aliphatic rings. The van der Waals surface area contributed by atoms with Crippen molar-refractivity contribution in [2.75, 3.05) is 27.1 Å². The van der Waals surface area contributed by atoms with E-state index >= 15 is 0 Å². The molecule has 0 radical (unpaired) electrons. The second-order valence-corrected chi connectivity index (χ2v) is 9.48. The Bertz CT molecular complexity index is 1200. The Morgan fingerprint density at radius 3 is 2.28 bits per heavy atom. The summed E-state index contributed by atoms with van der Waals surface area (Å²) in [5, 5.41) is 10.6. The standard InChI is InChI=1S/C22H18Cl2N2O4S2/c1-28-16-7-12(8-17(29-2)20(16)30-3)19(27)21-18(26)13(9-25)22(32-21)31-10-11-4-5-14(23)15(24)6-11/h4-8H,10,26H2,1-3H3. The number of halogens is 2. The van der Waals surface area contributed by atoms with Crippen LogP contribution in [0.1, 0.15) is 26.4 Å². The zero-order valence-corrected chi connectivity index (χ0v) is 20.5. The van der Waals surface area contributed by atoms with Crippen LogP contribution in [0.4, 0.5) is 5.69 Å². The SMILES string of the molecule is COc1cc(C(=O)c2sc(SCc3ccc(Cl)c(Cl)c3)c(C#N)c2N)cc(OC)c1OC. The lowest BCUT2D eigenvalue weighted by molar-refractivity contribution is 0.104. The van der Waals surface area contributed by atoms with Gasteiger partial charge in [0.1, 0.15) is 16.5 Å². The highest BCUT2D eigenvalue weighted by atomic mass is 35.5. The van der Waals surface area contributed by atoms with Gasteiger partial charge in [0.15, 0.2) is 11.5 Å². The smallest absolute Gasteiger partial charge is 0.205 e. The van der Waals surface area contributed by atoms with Crippen molar-refractivity contribution >= 4 is 57.8 Å². The first-order valence-electron chi connectivity index (χ1n) is 9.08. The van der Waals surface area contributed by atoms with Gasteiger partial charge in [-0.3, -0.25) is 4.79 Å². The van der Waals surface area contributed by atoms with E-state index in [-0.39, 0.29) is 21.9 Å². The number of nitrogen functional groups attached to an aromatic ring is 1. The molecule has 0 unspecified atom stereocenters. The van der Waals surface area contributed by atoms with Crippen molar-refractivity contribution in [1.82, 2.24) is 0 Å². The zero-order chi connectivity index (χ0) is 23.4. The minimum absolute atomic E-state index is 0.146. The van der Waals surface area contributed by atoms with Crippen molar-refractivity contribution in [2.24, 2.45) is 0 Å². The van der Waals surface area contributed by atoms with Crippen molar-refractivity contribution in [3.8, 4) is 23.3 Å². The molecule has 0 atom stereocenters. The van der Waals surface area contributed by atoms with E-state index in [0.717, 1.165) is 5.56 Å². The van der Waals surface area contributed by atoms with Crippen molar-refractivity contribution in [3.63, 3.8) is 0 Å². The number of hydrogen-bond donors (Lipinski definition) is 1. The number of anilines is 1. The van der Waals surface area contributed by atoms with E-state index in [1.165, 1.54) is 44.4 Å². The van der Waals surface area contributed by atoms with Gasteiger partial charge in [0.25, 0.3) is 0 Å². The van der Waals surface area contributed by atoms with Crippen LogP contribution in [0.5, 0.6) is 17.2 Å². The molecule has 6 nitrogen and oxygen atoms in total. The molecule has 0 bridgehead atoms. The molecule has 2 aromatic carbocycles. The van der Waals surface area contributed by atoms with Gasteiger partial charge < -0.3 is 19.9 Å². The van der Waals surface area contributed by atoms with Crippen LogP contribution in [0.25, 0.3) is 0 Å². The van der Waals surface area contributed by atoms with Gasteiger partial charge in [-0.25, -0.2) is 0 Å². The number of benzene rings is 2. The number of thioether (sulfide) groups is 1. The quantitative estimate of drug-likeness (QED) is 0.291. The molecule has 3 aromatic rings. The molecule has 0 aliphatic carbocycles. The Hall–Kier alpha value is -2.57. The normalized spacial score (nSPS) is 10.5. The fraction of sp³-hybridized carbons (Fsp3) is 0.182. The highest BCUT2D eigenvalue weighted by molar-refractivity contribution is 8.00. The van der Waals surface area contributed by atoms with Crippen LogP contribution in [-0.4, -0.2) is 27.1 Å². The summed E-state index contributed by atoms with van der Waals surface area (Å²) in [5.41, 5.74) is 7.84. The van der Waals surface area contributed by atoms with Gasteiger partial charge in [-0.1, -0.05) is 29.3 Å². The molecule has 32 heavy (non-hydrogen) atoms. The molecule has 0 amide bonds. The molecule has 0 spiro atoms. The number of carbonyl (C=O) groups excluding carboxylic acids is 1. The molecule has 1 aromatic heterocycles. The molecule has 0 fully saturated rings. The van der Waals surface area contributed by atoms with Gasteiger partial charge in [0.2, 0.25) is 11.5 Å². The van der Waals surface area contributed by atoms with Crippen LogP contribution in [0.15, 0.2) is 34.5 Å². The number of thiophene rings is 1. The maximum absolute atomic E-state index is 13.3. The highest BCUT2D eigenvalue weighted by Gasteiger charge is 2.25. The third-order valence-electron chi connectivity index (χ3n) is 4.51. The summed E-state index contributed by atoms with van der Waals surface area (Å²) in [7, 11) is 4.42. The number of rotatable bonds is 8. The fourth-order valence-electron chi connectivity index (χ4n) is 2.92. The van der Waals surface area contributed by atoms with E-state index in [2.05, 4.69) is 6.07 Å². The minimum Gasteiger partial charge on any atom is -0.493 e. The third kappa shape index (κ3) is 4.76. The number of hydrogen-bond acceptors (Lipinski definition) is 8. The molecule has 1 heterocycles. The monoisotopic (exact) mass is 508 g/mol. The molecular weight excluding hydrogens is 491 g/mol. The van der Waals surface area contributed by atoms with E-state index in [1.54, 1.807) is 24.3 Å². The van der Waals surface area contributed by atoms with Crippen molar-refractivity contribution in [3.05, 3.63) is 61.9 Å². The summed E-state index contributed by atoms with van der Waals surface area (Å²) in [6.45, 7) is 0. The molecule has 0 saturated heterocycles. The van der Waals surface area contributed by atoms with E-state index in [9.17, 15) is 10.1 Å². The van der Waals surface area contributed by atoms with Crippen molar-refractivity contribution in [2.45, 2.75) is 9.96 Å². The first-order valence-corrected chi connectivity index (χ1v) is 11.6. The van der Waals surface area contributed by atoms with E-state index in [4.69, 9.17) is 43.1 Å². The van der Waals surface area contributed by atoms with Crippen LogP contribution in [0, 0.1) is 11.3 Å². The predicted octanol–water partition coefficient (Wildman–Crippen LogP) is 6.06. The van der Waals surface area contributed by atoms with Gasteiger partial charge in [0.05, 0.1) is 41.3 Å². The van der Waals surface area contributed by atoms with Gasteiger partial charge >= 0.3 is 0 Å². The summed E-state index contributed by atoms with van der Waals surface area (Å²) in [6, 6.07) is 10.5. The number of ether oxygens (including phenoxy) is 3. The number of carbonyl (C=O) groups is 1. The predicted molar refractivity (Wildman–Crippen MR) is 129 cm³/mol. The Labute approximate surface area is 203 Å². The van der Waals surface area contributed by atoms with Gasteiger partial charge in [-0.2, -0.15) is 5.26 Å². The Morgan fingerprint density at radius 1 is 1.09 bits per heavy atom. The molecule has 10 heteroatoms. The summed E-state index contributed by atoms with van der Waals surface area (Å²) in [4.78, 5) is 13.5. The summed E-state index contributed by atoms with van der Waals surface area (Å²) in [6.07, 6.45) is 0. The summed E-state index contributed by atoms with van der Waals surface area (Å²) >= 11 is 14.6. The average molecular weight is 509 g/mol. The van der Waals surface area contributed by atoms with Crippen molar-refractivity contribution in [1.29, 1.82) is 5.26 Å². The Kier molecular flexibility index (Phi) is 7.80. The molecule has 0 saturated carbocycles. The van der Waals surface area contributed by atoms with E-state index in [1.807, 2.05) is 6.07 Å². The molecule has 166 valence electrons. The second-order valence-electron chi connectivity index (χ2n) is 6.40. The topological polar surface area (TPSA) is 94.6 Å². The van der Waals surface area contributed by atoms with Gasteiger partial charge in [0, 0.05) is 11.3 Å². The van der Waals surface area contributed by atoms with Crippen LogP contribution in [-0.2, 0) is 5.75 Å². The first-order chi connectivity index (χ1) is 15.3. The van der Waals surface area contributed by atoms with Crippen LogP contribution >= 0.6 is 46.3 Å². The minimum atomic E-state index is -0.343. The average Bonchev–Trinajstić information content (AvgIpc) is 3.13. The maximum atomic E-state index is 13.3. The lowest BCUT2D eigenvalue weighted by Gasteiger charge is -2.13.